The van der Waals surface area contributed by atoms with Crippen molar-refractivity contribution in [2.45, 2.75) is 31.7 Å². The Balaban J connectivity index is 2.28. The zero-order valence-corrected chi connectivity index (χ0v) is 9.01. The van der Waals surface area contributed by atoms with E-state index in [0.717, 1.165) is 0 Å². The Kier molecular flexibility index (Phi) is 2.62. The number of nitrogens with zero attached hydrogens (tertiary/aromatic N) is 1. The average molecular weight is 237 g/mol. The van der Waals surface area contributed by atoms with Gasteiger partial charge in [-0.15, -0.1) is 0 Å². The molecule has 2 saturated heterocycles. The molecule has 0 aliphatic carbocycles. The topological polar surface area (TPSA) is 44.4 Å². The highest BCUT2D eigenvalue weighted by molar-refractivity contribution is 5.77. The van der Waals surface area contributed by atoms with Gasteiger partial charge in [-0.1, -0.05) is 0 Å². The number of piperidine rings is 1. The van der Waals surface area contributed by atoms with Gasteiger partial charge < -0.3 is 5.32 Å². The molecule has 4 unspecified atom stereocenters. The van der Waals surface area contributed by atoms with Gasteiger partial charge in [-0.05, 0) is 6.92 Å². The van der Waals surface area contributed by atoms with Gasteiger partial charge in [0.15, 0.2) is 0 Å². The van der Waals surface area contributed by atoms with Crippen LogP contribution in [0.3, 0.4) is 0 Å². The first-order valence-electron chi connectivity index (χ1n) is 5.16. The number of fused-ring (bicyclic) bond motifs is 1. The Morgan fingerprint density at radius 1 is 1.44 bits per heavy atom. The van der Waals surface area contributed by atoms with E-state index in [2.05, 4.69) is 10.7 Å². The predicted molar refractivity (Wildman–Crippen MR) is 49.9 cm³/mol. The molecule has 2 aliphatic heterocycles. The number of halogens is 3. The molecule has 2 rings (SSSR count). The van der Waals surface area contributed by atoms with Crippen LogP contribution in [0.25, 0.3) is 0 Å². The van der Waals surface area contributed by atoms with E-state index in [1.165, 1.54) is 0 Å². The lowest BCUT2D eigenvalue weighted by Gasteiger charge is -2.37. The van der Waals surface area contributed by atoms with Gasteiger partial charge in [-0.2, -0.15) is 13.2 Å². The van der Waals surface area contributed by atoms with E-state index in [-0.39, 0.29) is 6.04 Å². The minimum Gasteiger partial charge on any atom is -0.339 e. The molecule has 0 spiro atoms. The van der Waals surface area contributed by atoms with E-state index in [1.807, 2.05) is 0 Å². The minimum atomic E-state index is -4.32. The van der Waals surface area contributed by atoms with Crippen molar-refractivity contribution >= 4 is 5.91 Å². The average Bonchev–Trinajstić information content (AvgIpc) is 2.40. The largest absolute Gasteiger partial charge is 0.392 e. The normalized spacial score (nSPS) is 40.7. The monoisotopic (exact) mass is 237 g/mol. The molecule has 0 bridgehead atoms. The summed E-state index contributed by atoms with van der Waals surface area (Å²) in [5.74, 6) is -2.72. The summed E-state index contributed by atoms with van der Waals surface area (Å²) in [5, 5.41) is 4.13. The van der Waals surface area contributed by atoms with Crippen LogP contribution in [0.4, 0.5) is 13.2 Å². The molecule has 0 aromatic rings. The highest BCUT2D eigenvalue weighted by Gasteiger charge is 2.56. The molecule has 2 N–H and O–H groups in total. The molecular formula is C9H14F3N3O. The minimum absolute atomic E-state index is 0.290. The molecule has 0 radical (unpaired) electrons. The van der Waals surface area contributed by atoms with Gasteiger partial charge in [0.1, 0.15) is 0 Å². The van der Waals surface area contributed by atoms with Crippen molar-refractivity contribution < 1.29 is 18.0 Å². The first kappa shape index (κ1) is 11.7. The molecule has 92 valence electrons. The van der Waals surface area contributed by atoms with Crippen LogP contribution in [0, 0.1) is 11.8 Å². The highest BCUT2D eigenvalue weighted by Crippen LogP contribution is 2.42. The van der Waals surface area contributed by atoms with Crippen LogP contribution in [0.1, 0.15) is 13.3 Å². The molecule has 1 amide bonds. The van der Waals surface area contributed by atoms with Crippen molar-refractivity contribution in [1.29, 1.82) is 0 Å². The SMILES string of the molecule is CC1NN(C)C2NC(=O)CC(C(F)(F)F)C12. The van der Waals surface area contributed by atoms with E-state index in [9.17, 15) is 18.0 Å². The summed E-state index contributed by atoms with van der Waals surface area (Å²) in [6.45, 7) is 1.71. The molecule has 4 nitrogen and oxygen atoms in total. The Labute approximate surface area is 91.1 Å². The Hall–Kier alpha value is -0.820. The number of rotatable bonds is 0. The van der Waals surface area contributed by atoms with Gasteiger partial charge in [-0.25, -0.2) is 5.01 Å². The zero-order chi connectivity index (χ0) is 12.1. The first-order chi connectivity index (χ1) is 7.30. The summed E-state index contributed by atoms with van der Waals surface area (Å²) in [4.78, 5) is 11.2. The fourth-order valence-electron chi connectivity index (χ4n) is 2.67. The van der Waals surface area contributed by atoms with Crippen molar-refractivity contribution in [3.05, 3.63) is 0 Å². The van der Waals surface area contributed by atoms with E-state index < -0.39 is 36.5 Å². The van der Waals surface area contributed by atoms with E-state index >= 15 is 0 Å². The zero-order valence-electron chi connectivity index (χ0n) is 9.01. The second-order valence-corrected chi connectivity index (χ2v) is 4.47. The van der Waals surface area contributed by atoms with Crippen LogP contribution >= 0.6 is 0 Å². The molecular weight excluding hydrogens is 223 g/mol. The fraction of sp³-hybridized carbons (Fsp3) is 0.889. The van der Waals surface area contributed by atoms with Gasteiger partial charge in [0.25, 0.3) is 0 Å². The third-order valence-electron chi connectivity index (χ3n) is 3.37. The summed E-state index contributed by atoms with van der Waals surface area (Å²) in [7, 11) is 1.64. The molecule has 2 heterocycles. The van der Waals surface area contributed by atoms with Gasteiger partial charge in [0, 0.05) is 25.4 Å². The van der Waals surface area contributed by atoms with Crippen LogP contribution in [-0.2, 0) is 4.79 Å². The smallest absolute Gasteiger partial charge is 0.339 e. The van der Waals surface area contributed by atoms with Crippen LogP contribution in [0.5, 0.6) is 0 Å². The quantitative estimate of drug-likeness (QED) is 0.643. The number of nitrogens with one attached hydrogen (secondary N) is 2. The van der Waals surface area contributed by atoms with Gasteiger partial charge in [0.2, 0.25) is 5.91 Å². The van der Waals surface area contributed by atoms with E-state index in [4.69, 9.17) is 0 Å². The van der Waals surface area contributed by atoms with Crippen molar-refractivity contribution in [2.75, 3.05) is 7.05 Å². The third-order valence-corrected chi connectivity index (χ3v) is 3.37. The van der Waals surface area contributed by atoms with Gasteiger partial charge in [-0.3, -0.25) is 10.2 Å². The lowest BCUT2D eigenvalue weighted by atomic mass is 9.80. The number of hydrogen-bond donors (Lipinski definition) is 2. The number of carbonyl (C=O) groups excluding carboxylic acids is 1. The summed E-state index contributed by atoms with van der Waals surface area (Å²) in [6.07, 6.45) is -5.35. The maximum absolute atomic E-state index is 12.8. The number of alkyl halides is 3. The summed E-state index contributed by atoms with van der Waals surface area (Å²) in [5.41, 5.74) is 2.90. The lowest BCUT2D eigenvalue weighted by molar-refractivity contribution is -0.201. The summed E-state index contributed by atoms with van der Waals surface area (Å²) in [6, 6.07) is -0.290. The standard InChI is InChI=1S/C9H14F3N3O/c1-4-7-5(9(10,11)12)3-6(16)13-8(7)15(2)14-4/h4-5,7-8,14H,3H2,1-2H3,(H,13,16). The molecule has 7 heteroatoms. The van der Waals surface area contributed by atoms with Crippen LogP contribution < -0.4 is 10.7 Å². The molecule has 2 aliphatic rings. The predicted octanol–water partition coefficient (Wildman–Crippen LogP) is 0.466. The summed E-state index contributed by atoms with van der Waals surface area (Å²) < 4.78 is 38.5. The molecule has 2 fully saturated rings. The second kappa shape index (κ2) is 3.59. The first-order valence-corrected chi connectivity index (χ1v) is 5.16. The Morgan fingerprint density at radius 3 is 2.62 bits per heavy atom. The summed E-state index contributed by atoms with van der Waals surface area (Å²) >= 11 is 0. The van der Waals surface area contributed by atoms with Crippen molar-refractivity contribution in [2.24, 2.45) is 11.8 Å². The van der Waals surface area contributed by atoms with Crippen LogP contribution in [0.2, 0.25) is 0 Å². The Bertz CT molecular complexity index is 307. The van der Waals surface area contributed by atoms with E-state index in [1.54, 1.807) is 19.0 Å². The molecule has 4 atom stereocenters. The maximum Gasteiger partial charge on any atom is 0.392 e. The maximum atomic E-state index is 12.8. The highest BCUT2D eigenvalue weighted by atomic mass is 19.4. The van der Waals surface area contributed by atoms with Gasteiger partial charge >= 0.3 is 6.18 Å². The molecule has 0 saturated carbocycles. The third kappa shape index (κ3) is 1.78. The molecule has 16 heavy (non-hydrogen) atoms. The molecule has 0 aromatic carbocycles. The fourth-order valence-corrected chi connectivity index (χ4v) is 2.67. The lowest BCUT2D eigenvalue weighted by Crippen LogP contribution is -2.56. The van der Waals surface area contributed by atoms with Crippen LogP contribution in [0.15, 0.2) is 0 Å². The Morgan fingerprint density at radius 2 is 2.06 bits per heavy atom. The van der Waals surface area contributed by atoms with Crippen molar-refractivity contribution in [3.8, 4) is 0 Å². The molecule has 0 aromatic heterocycles. The van der Waals surface area contributed by atoms with Crippen molar-refractivity contribution in [3.63, 3.8) is 0 Å². The van der Waals surface area contributed by atoms with Crippen molar-refractivity contribution in [1.82, 2.24) is 15.8 Å². The number of amides is 1. The number of hydrogen-bond acceptors (Lipinski definition) is 3. The number of hydrazine groups is 1. The van der Waals surface area contributed by atoms with Crippen LogP contribution in [-0.4, -0.2) is 36.3 Å². The second-order valence-electron chi connectivity index (χ2n) is 4.47. The van der Waals surface area contributed by atoms with E-state index in [0.29, 0.717) is 0 Å². The van der Waals surface area contributed by atoms with Gasteiger partial charge in [0.05, 0.1) is 12.1 Å². The number of carbonyl (C=O) groups is 1.